The van der Waals surface area contributed by atoms with Crippen LogP contribution in [0.2, 0.25) is 0 Å². The predicted molar refractivity (Wildman–Crippen MR) is 103 cm³/mol. The van der Waals surface area contributed by atoms with Gasteiger partial charge in [-0.05, 0) is 31.2 Å². The van der Waals surface area contributed by atoms with Crippen LogP contribution in [0.5, 0.6) is 0 Å². The van der Waals surface area contributed by atoms with Crippen molar-refractivity contribution in [1.82, 2.24) is 14.9 Å². The van der Waals surface area contributed by atoms with Crippen LogP contribution in [-0.2, 0) is 12.8 Å². The third-order valence-electron chi connectivity index (χ3n) is 5.14. The van der Waals surface area contributed by atoms with E-state index >= 15 is 0 Å². The molecule has 136 valence electrons. The molecule has 3 rings (SSSR count). The van der Waals surface area contributed by atoms with Crippen molar-refractivity contribution < 1.29 is 0 Å². The van der Waals surface area contributed by atoms with Crippen LogP contribution in [0.25, 0.3) is 0 Å². The van der Waals surface area contributed by atoms with E-state index in [0.717, 1.165) is 44.3 Å². The van der Waals surface area contributed by atoms with Gasteiger partial charge in [-0.25, -0.2) is 9.97 Å². The van der Waals surface area contributed by atoms with Crippen molar-refractivity contribution in [1.29, 1.82) is 0 Å². The van der Waals surface area contributed by atoms with E-state index in [4.69, 9.17) is 4.98 Å². The summed E-state index contributed by atoms with van der Waals surface area (Å²) in [5, 5.41) is 0. The van der Waals surface area contributed by atoms with Gasteiger partial charge in [-0.1, -0.05) is 47.0 Å². The van der Waals surface area contributed by atoms with E-state index in [1.807, 2.05) is 13.8 Å². The minimum absolute atomic E-state index is 0.866. The Balaban J connectivity index is 0.00000100. The molecule has 2 aliphatic rings. The standard InChI is InChI=1S/C18H30N4.C2H6/c1-3-6-15-14-19-18(20-17(15)7-4-2)22-12-10-21(11-13-22)16-8-5-9-16;1-2/h14,16H,3-13H2,1-2H3;1-2H3. The quantitative estimate of drug-likeness (QED) is 0.785. The molecule has 0 bridgehead atoms. The molecule has 0 radical (unpaired) electrons. The summed E-state index contributed by atoms with van der Waals surface area (Å²) in [4.78, 5) is 14.6. The Hall–Kier alpha value is -1.16. The highest BCUT2D eigenvalue weighted by atomic mass is 15.3. The maximum absolute atomic E-state index is 4.91. The molecule has 0 unspecified atom stereocenters. The minimum Gasteiger partial charge on any atom is -0.338 e. The summed E-state index contributed by atoms with van der Waals surface area (Å²) in [5.74, 6) is 0.955. The maximum Gasteiger partial charge on any atom is 0.225 e. The Morgan fingerprint density at radius 2 is 1.67 bits per heavy atom. The molecule has 2 fully saturated rings. The molecule has 0 aromatic carbocycles. The van der Waals surface area contributed by atoms with Gasteiger partial charge < -0.3 is 4.90 Å². The number of nitrogens with zero attached hydrogens (tertiary/aromatic N) is 4. The van der Waals surface area contributed by atoms with Gasteiger partial charge in [0.15, 0.2) is 0 Å². The molecular formula is C20H36N4. The van der Waals surface area contributed by atoms with Gasteiger partial charge in [-0.2, -0.15) is 0 Å². The van der Waals surface area contributed by atoms with E-state index in [-0.39, 0.29) is 0 Å². The molecule has 1 saturated heterocycles. The Bertz CT molecular complexity index is 477. The Kier molecular flexibility index (Phi) is 7.97. The largest absolute Gasteiger partial charge is 0.338 e. The molecule has 2 heterocycles. The highest BCUT2D eigenvalue weighted by Crippen LogP contribution is 2.26. The monoisotopic (exact) mass is 332 g/mol. The second kappa shape index (κ2) is 9.97. The fourth-order valence-corrected chi connectivity index (χ4v) is 3.55. The number of hydrogen-bond donors (Lipinski definition) is 0. The molecule has 0 spiro atoms. The van der Waals surface area contributed by atoms with Crippen LogP contribution >= 0.6 is 0 Å². The van der Waals surface area contributed by atoms with Crippen molar-refractivity contribution in [3.63, 3.8) is 0 Å². The third kappa shape index (κ3) is 4.69. The fourth-order valence-electron chi connectivity index (χ4n) is 3.55. The SMILES string of the molecule is CC.CCCc1cnc(N2CCN(C3CCC3)CC2)nc1CCC. The summed E-state index contributed by atoms with van der Waals surface area (Å²) in [7, 11) is 0. The van der Waals surface area contributed by atoms with E-state index in [2.05, 4.69) is 34.8 Å². The lowest BCUT2D eigenvalue weighted by Gasteiger charge is -2.43. The molecule has 1 aromatic heterocycles. The van der Waals surface area contributed by atoms with Gasteiger partial charge in [0.1, 0.15) is 0 Å². The van der Waals surface area contributed by atoms with Gasteiger partial charge in [0.25, 0.3) is 0 Å². The van der Waals surface area contributed by atoms with Crippen LogP contribution in [0.4, 0.5) is 5.95 Å². The minimum atomic E-state index is 0.866. The Labute approximate surface area is 148 Å². The molecular weight excluding hydrogens is 296 g/mol. The van der Waals surface area contributed by atoms with Crippen LogP contribution in [0, 0.1) is 0 Å². The van der Waals surface area contributed by atoms with Crippen molar-refractivity contribution in [3.05, 3.63) is 17.5 Å². The number of hydrogen-bond acceptors (Lipinski definition) is 4. The smallest absolute Gasteiger partial charge is 0.225 e. The molecule has 1 aromatic rings. The predicted octanol–water partition coefficient (Wildman–Crippen LogP) is 4.08. The van der Waals surface area contributed by atoms with Crippen LogP contribution in [0.1, 0.15) is 71.1 Å². The van der Waals surface area contributed by atoms with Crippen molar-refractivity contribution >= 4 is 5.95 Å². The van der Waals surface area contributed by atoms with Crippen molar-refractivity contribution in [2.24, 2.45) is 0 Å². The fraction of sp³-hybridized carbons (Fsp3) is 0.800. The zero-order valence-electron chi connectivity index (χ0n) is 16.2. The van der Waals surface area contributed by atoms with Gasteiger partial charge in [-0.15, -0.1) is 0 Å². The topological polar surface area (TPSA) is 32.3 Å². The lowest BCUT2D eigenvalue weighted by molar-refractivity contribution is 0.120. The van der Waals surface area contributed by atoms with Crippen molar-refractivity contribution in [3.8, 4) is 0 Å². The van der Waals surface area contributed by atoms with Crippen molar-refractivity contribution in [2.75, 3.05) is 31.1 Å². The van der Waals surface area contributed by atoms with E-state index < -0.39 is 0 Å². The highest BCUT2D eigenvalue weighted by molar-refractivity contribution is 5.34. The molecule has 0 N–H and O–H groups in total. The van der Waals surface area contributed by atoms with Gasteiger partial charge in [-0.3, -0.25) is 4.90 Å². The summed E-state index contributed by atoms with van der Waals surface area (Å²) in [6, 6.07) is 0.866. The Morgan fingerprint density at radius 1 is 1.00 bits per heavy atom. The summed E-state index contributed by atoms with van der Waals surface area (Å²) < 4.78 is 0. The van der Waals surface area contributed by atoms with Gasteiger partial charge >= 0.3 is 0 Å². The summed E-state index contributed by atoms with van der Waals surface area (Å²) in [6.07, 6.45) is 10.8. The molecule has 24 heavy (non-hydrogen) atoms. The molecule has 0 atom stereocenters. The maximum atomic E-state index is 4.91. The molecule has 1 aliphatic heterocycles. The van der Waals surface area contributed by atoms with Crippen LogP contribution < -0.4 is 4.90 Å². The van der Waals surface area contributed by atoms with Gasteiger partial charge in [0.2, 0.25) is 5.95 Å². The number of rotatable bonds is 6. The average molecular weight is 333 g/mol. The van der Waals surface area contributed by atoms with Crippen LogP contribution in [0.15, 0.2) is 6.20 Å². The number of anilines is 1. The second-order valence-electron chi connectivity index (χ2n) is 6.75. The third-order valence-corrected chi connectivity index (χ3v) is 5.14. The molecule has 1 saturated carbocycles. The zero-order valence-corrected chi connectivity index (χ0v) is 16.2. The number of aryl methyl sites for hydroxylation is 2. The first-order valence-corrected chi connectivity index (χ1v) is 10.2. The second-order valence-corrected chi connectivity index (χ2v) is 6.75. The normalized spacial score (nSPS) is 18.8. The zero-order chi connectivity index (χ0) is 17.4. The van der Waals surface area contributed by atoms with Gasteiger partial charge in [0.05, 0.1) is 0 Å². The lowest BCUT2D eigenvalue weighted by Crippen LogP contribution is -2.52. The molecule has 4 heteroatoms. The number of aromatic nitrogens is 2. The lowest BCUT2D eigenvalue weighted by atomic mass is 9.91. The van der Waals surface area contributed by atoms with Crippen LogP contribution in [-0.4, -0.2) is 47.1 Å². The summed E-state index contributed by atoms with van der Waals surface area (Å²) in [6.45, 7) is 13.0. The molecule has 1 aliphatic carbocycles. The first kappa shape index (κ1) is 19.2. The van der Waals surface area contributed by atoms with E-state index in [1.54, 1.807) is 0 Å². The Morgan fingerprint density at radius 3 is 2.21 bits per heavy atom. The average Bonchev–Trinajstić information content (AvgIpc) is 2.58. The van der Waals surface area contributed by atoms with Crippen LogP contribution in [0.3, 0.4) is 0 Å². The molecule has 4 nitrogen and oxygen atoms in total. The number of piperazine rings is 1. The van der Waals surface area contributed by atoms with Gasteiger partial charge in [0, 0.05) is 44.1 Å². The van der Waals surface area contributed by atoms with Crippen molar-refractivity contribution in [2.45, 2.75) is 78.7 Å². The van der Waals surface area contributed by atoms with E-state index in [9.17, 15) is 0 Å². The van der Waals surface area contributed by atoms with E-state index in [1.165, 1.54) is 50.0 Å². The first-order valence-electron chi connectivity index (χ1n) is 10.2. The summed E-state index contributed by atoms with van der Waals surface area (Å²) >= 11 is 0. The highest BCUT2D eigenvalue weighted by Gasteiger charge is 2.28. The van der Waals surface area contributed by atoms with E-state index in [0.29, 0.717) is 0 Å². The summed E-state index contributed by atoms with van der Waals surface area (Å²) in [5.41, 5.74) is 2.62. The first-order chi connectivity index (χ1) is 11.8. The molecule has 0 amide bonds.